The van der Waals surface area contributed by atoms with Gasteiger partial charge < -0.3 is 10.6 Å². The third kappa shape index (κ3) is 9.69. The molecule has 3 aliphatic carbocycles. The fraction of sp³-hybridized carbons (Fsp3) is 0.439. The summed E-state index contributed by atoms with van der Waals surface area (Å²) in [6.07, 6.45) is -6.37. The predicted molar refractivity (Wildman–Crippen MR) is 218 cm³/mol. The SMILES string of the molecule is Cn1nc(NS(=O)(=O)C2CC2)c2c(Cl)ccc(-c3ccc(C#CC(C)(C)S(=O)(=O)C4CC4)nc3[C@H](Cc3cc(F)cc(F)c3)NC(=O)CNC3=C(CC(F)(F)F)CCC3(F)F)c21. The van der Waals surface area contributed by atoms with E-state index in [-0.39, 0.29) is 44.3 Å². The number of allylic oxidation sites excluding steroid dienone is 2. The summed E-state index contributed by atoms with van der Waals surface area (Å²) in [6.45, 7) is 1.95. The van der Waals surface area contributed by atoms with Crippen LogP contribution in [0.5, 0.6) is 0 Å². The van der Waals surface area contributed by atoms with Crippen LogP contribution in [0.1, 0.15) is 81.8 Å². The minimum absolute atomic E-state index is 0.00212. The summed E-state index contributed by atoms with van der Waals surface area (Å²) < 4.78 is 154. The number of hydrogen-bond donors (Lipinski definition) is 3. The van der Waals surface area contributed by atoms with E-state index in [1.807, 2.05) is 0 Å². The summed E-state index contributed by atoms with van der Waals surface area (Å²) in [5.74, 6) is -1.14. The van der Waals surface area contributed by atoms with E-state index in [2.05, 4.69) is 32.3 Å². The Morgan fingerprint density at radius 3 is 2.26 bits per heavy atom. The maximum absolute atomic E-state index is 14.9. The van der Waals surface area contributed by atoms with Gasteiger partial charge in [-0.15, -0.1) is 0 Å². The molecule has 0 unspecified atom stereocenters. The normalized spacial score (nSPS) is 17.5. The Hall–Kier alpha value is -4.87. The number of aromatic nitrogens is 3. The molecule has 1 atom stereocenters. The van der Waals surface area contributed by atoms with Gasteiger partial charge in [-0.25, -0.2) is 30.6 Å². The number of benzene rings is 2. The number of sulfone groups is 1. The zero-order valence-electron chi connectivity index (χ0n) is 33.4. The van der Waals surface area contributed by atoms with Crippen molar-refractivity contribution < 1.29 is 52.4 Å². The zero-order valence-corrected chi connectivity index (χ0v) is 35.7. The molecule has 0 spiro atoms. The summed E-state index contributed by atoms with van der Waals surface area (Å²) in [5.41, 5.74) is -0.873. The number of rotatable bonds is 14. The van der Waals surface area contributed by atoms with Gasteiger partial charge in [0, 0.05) is 30.7 Å². The monoisotopic (exact) mass is 928 g/mol. The molecule has 3 N–H and O–H groups in total. The third-order valence-corrected chi connectivity index (χ3v) is 15.9. The molecule has 2 aromatic heterocycles. The molecule has 7 rings (SSSR count). The first-order chi connectivity index (χ1) is 28.8. The summed E-state index contributed by atoms with van der Waals surface area (Å²) in [5, 5.41) is 8.37. The van der Waals surface area contributed by atoms with E-state index in [1.54, 1.807) is 6.07 Å². The largest absolute Gasteiger partial charge is 0.392 e. The van der Waals surface area contributed by atoms with Crippen molar-refractivity contribution in [2.24, 2.45) is 7.05 Å². The number of nitrogens with zero attached hydrogens (tertiary/aromatic N) is 3. The van der Waals surface area contributed by atoms with E-state index in [0.29, 0.717) is 37.3 Å². The van der Waals surface area contributed by atoms with E-state index in [0.717, 1.165) is 12.1 Å². The lowest BCUT2D eigenvalue weighted by atomic mass is 9.93. The first kappa shape index (κ1) is 45.2. The van der Waals surface area contributed by atoms with Crippen LogP contribution in [0.4, 0.5) is 36.6 Å². The summed E-state index contributed by atoms with van der Waals surface area (Å²) in [6, 6.07) is 7.21. The number of amides is 1. The molecule has 1 amide bonds. The summed E-state index contributed by atoms with van der Waals surface area (Å²) >= 11 is 6.67. The second-order valence-corrected chi connectivity index (χ2v) is 21.3. The second kappa shape index (κ2) is 16.4. The lowest BCUT2D eigenvalue weighted by Gasteiger charge is -2.24. The lowest BCUT2D eigenvalue weighted by molar-refractivity contribution is -0.127. The smallest absolute Gasteiger partial charge is 0.375 e. The van der Waals surface area contributed by atoms with Crippen LogP contribution >= 0.6 is 11.6 Å². The Labute approximate surface area is 357 Å². The van der Waals surface area contributed by atoms with E-state index < -0.39 is 114 Å². The van der Waals surface area contributed by atoms with Gasteiger partial charge in [0.1, 0.15) is 22.1 Å². The fourth-order valence-electron chi connectivity index (χ4n) is 7.47. The maximum Gasteiger partial charge on any atom is 0.392 e. The Bertz CT molecular complexity index is 2770. The van der Waals surface area contributed by atoms with Crippen LogP contribution in [0.3, 0.4) is 0 Å². The van der Waals surface area contributed by atoms with Gasteiger partial charge in [0.05, 0.1) is 56.8 Å². The van der Waals surface area contributed by atoms with Crippen molar-refractivity contribution in [3.8, 4) is 23.0 Å². The molecular weight excluding hydrogens is 889 g/mol. The van der Waals surface area contributed by atoms with Crippen molar-refractivity contribution in [1.29, 1.82) is 0 Å². The number of carbonyl (C=O) groups excluding carboxylic acids is 1. The maximum atomic E-state index is 14.9. The average Bonchev–Trinajstić information content (AvgIpc) is 4.09. The third-order valence-electron chi connectivity index (χ3n) is 10.8. The number of fused-ring (bicyclic) bond motifs is 1. The van der Waals surface area contributed by atoms with Crippen LogP contribution < -0.4 is 15.4 Å². The van der Waals surface area contributed by atoms with Gasteiger partial charge in [0.2, 0.25) is 15.9 Å². The number of nitrogens with one attached hydrogen (secondary N) is 3. The van der Waals surface area contributed by atoms with E-state index >= 15 is 0 Å². The quantitative estimate of drug-likeness (QED) is 0.0857. The average molecular weight is 929 g/mol. The highest BCUT2D eigenvalue weighted by atomic mass is 35.5. The first-order valence-electron chi connectivity index (χ1n) is 19.5. The number of hydrogen-bond acceptors (Lipinski definition) is 8. The minimum atomic E-state index is -4.80. The highest BCUT2D eigenvalue weighted by Gasteiger charge is 2.46. The lowest BCUT2D eigenvalue weighted by Crippen LogP contribution is -2.40. The van der Waals surface area contributed by atoms with Crippen molar-refractivity contribution in [2.75, 3.05) is 11.3 Å². The highest BCUT2D eigenvalue weighted by Crippen LogP contribution is 2.44. The van der Waals surface area contributed by atoms with Gasteiger partial charge in [-0.1, -0.05) is 23.6 Å². The molecule has 4 aromatic rings. The Morgan fingerprint density at radius 1 is 0.984 bits per heavy atom. The van der Waals surface area contributed by atoms with Crippen LogP contribution in [0.2, 0.25) is 5.02 Å². The van der Waals surface area contributed by atoms with Crippen molar-refractivity contribution in [3.63, 3.8) is 0 Å². The van der Waals surface area contributed by atoms with Crippen LogP contribution in [-0.4, -0.2) is 71.4 Å². The molecule has 62 heavy (non-hydrogen) atoms. The topological polar surface area (TPSA) is 152 Å². The summed E-state index contributed by atoms with van der Waals surface area (Å²) in [7, 11) is -6.00. The molecule has 0 aliphatic heterocycles. The molecule has 21 heteroatoms. The Kier molecular flexibility index (Phi) is 11.9. The van der Waals surface area contributed by atoms with Crippen LogP contribution in [0.25, 0.3) is 22.0 Å². The molecule has 0 radical (unpaired) electrons. The highest BCUT2D eigenvalue weighted by molar-refractivity contribution is 7.94. The molecular formula is C41H40ClF7N6O5S2. The number of sulfonamides is 1. The van der Waals surface area contributed by atoms with Gasteiger partial charge in [0.15, 0.2) is 15.7 Å². The predicted octanol–water partition coefficient (Wildman–Crippen LogP) is 7.80. The second-order valence-electron chi connectivity index (χ2n) is 16.2. The molecule has 11 nitrogen and oxygen atoms in total. The number of aryl methyl sites for hydroxylation is 1. The van der Waals surface area contributed by atoms with Gasteiger partial charge in [-0.05, 0) is 99.8 Å². The van der Waals surface area contributed by atoms with Crippen molar-refractivity contribution >= 4 is 54.1 Å². The fourth-order valence-corrected chi connectivity index (χ4v) is 10.8. The molecule has 2 heterocycles. The van der Waals surface area contributed by atoms with E-state index in [9.17, 15) is 52.4 Å². The molecule has 332 valence electrons. The first-order valence-corrected chi connectivity index (χ1v) is 22.9. The Morgan fingerprint density at radius 2 is 1.63 bits per heavy atom. The molecule has 0 saturated heterocycles. The van der Waals surface area contributed by atoms with Crippen LogP contribution in [-0.2, 0) is 38.1 Å². The number of carbonyl (C=O) groups is 1. The zero-order chi connectivity index (χ0) is 45.2. The van der Waals surface area contributed by atoms with E-state index in [1.165, 1.54) is 43.8 Å². The van der Waals surface area contributed by atoms with Crippen molar-refractivity contribution in [1.82, 2.24) is 25.4 Å². The molecule has 2 aromatic carbocycles. The molecule has 3 aliphatic rings. The number of pyridine rings is 1. The number of halogens is 8. The van der Waals surface area contributed by atoms with Crippen LogP contribution in [0.15, 0.2) is 53.7 Å². The van der Waals surface area contributed by atoms with E-state index in [4.69, 9.17) is 16.6 Å². The van der Waals surface area contributed by atoms with Crippen molar-refractivity contribution in [3.05, 3.63) is 87.3 Å². The van der Waals surface area contributed by atoms with Gasteiger partial charge in [-0.2, -0.15) is 27.1 Å². The van der Waals surface area contributed by atoms with Gasteiger partial charge in [0.25, 0.3) is 5.92 Å². The molecule has 0 bridgehead atoms. The number of alkyl halides is 5. The van der Waals surface area contributed by atoms with Crippen molar-refractivity contribution in [2.45, 2.75) is 98.6 Å². The van der Waals surface area contributed by atoms with Crippen LogP contribution in [0, 0.1) is 23.5 Å². The van der Waals surface area contributed by atoms with Gasteiger partial charge >= 0.3 is 6.18 Å². The number of anilines is 1. The Balaban J connectivity index is 1.36. The molecule has 2 saturated carbocycles. The minimum Gasteiger partial charge on any atom is -0.375 e. The standard InChI is InChI=1S/C41H40ClF7N6O5S2/c1-39(2,61(57,58)27-5-6-27)14-13-26-4-9-29(30-10-11-31(42)34-36(30)55(3)53-38(34)54-62(59,60)28-7-8-28)35(51-26)32(18-22-16-24(43)19-25(44)17-22)52-33(56)21-50-37-23(20-41(47,48)49)12-15-40(37,45)46/h4,9-11,16-17,19,27-28,32,50H,5-8,12,15,18,20-21H2,1-3H3,(H,52,56)(H,53,54)/t32-/m0/s1. The summed E-state index contributed by atoms with van der Waals surface area (Å²) in [4.78, 5) is 18.5. The van der Waals surface area contributed by atoms with Gasteiger partial charge in [-0.3, -0.25) is 14.2 Å². The molecule has 2 fully saturated rings.